The topological polar surface area (TPSA) is 186 Å². The number of esters is 2. The number of aliphatic hydroxyl groups excluding tert-OH is 3. The molecule has 0 spiro atoms. The molecule has 0 saturated carbocycles. The van der Waals surface area contributed by atoms with Crippen LogP contribution in [0.5, 0.6) is 0 Å². The molecule has 12 nitrogen and oxygen atoms in total. The Balaban J connectivity index is 2.30. The summed E-state index contributed by atoms with van der Waals surface area (Å²) in [5, 5.41) is 31.0. The van der Waals surface area contributed by atoms with Crippen molar-refractivity contribution in [2.75, 3.05) is 19.0 Å². The van der Waals surface area contributed by atoms with Crippen LogP contribution in [0.15, 0.2) is 12.2 Å². The summed E-state index contributed by atoms with van der Waals surface area (Å²) >= 11 is 0. The molecule has 2 unspecified atom stereocenters. The van der Waals surface area contributed by atoms with Crippen molar-refractivity contribution in [3.05, 3.63) is 12.2 Å². The number of allylic oxidation sites excluding steroid dienone is 2. The fourth-order valence-corrected chi connectivity index (χ4v) is 9.84. The quantitative estimate of drug-likeness (QED) is 0.0196. The molecule has 1 aliphatic rings. The minimum atomic E-state index is -4.60. The van der Waals surface area contributed by atoms with E-state index in [4.69, 9.17) is 18.9 Å². The van der Waals surface area contributed by atoms with E-state index in [1.165, 1.54) is 199 Å². The minimum absolute atomic E-state index is 0.169. The Morgan fingerprint density at radius 2 is 0.826 bits per heavy atom. The lowest BCUT2D eigenvalue weighted by Gasteiger charge is -2.40. The minimum Gasteiger partial charge on any atom is -0.462 e. The van der Waals surface area contributed by atoms with Crippen LogP contribution in [0.1, 0.15) is 277 Å². The van der Waals surface area contributed by atoms with Crippen molar-refractivity contribution in [2.45, 2.75) is 314 Å². The van der Waals surface area contributed by atoms with E-state index < -0.39 is 71.2 Å². The Labute approximate surface area is 422 Å². The van der Waals surface area contributed by atoms with Crippen LogP contribution in [0, 0.1) is 0 Å². The maximum absolute atomic E-state index is 12.9. The highest BCUT2D eigenvalue weighted by atomic mass is 32.2. The van der Waals surface area contributed by atoms with Gasteiger partial charge in [0.05, 0.1) is 6.61 Å². The molecular weight excluding hydrogens is 897 g/mol. The van der Waals surface area contributed by atoms with Crippen molar-refractivity contribution in [2.24, 2.45) is 0 Å². The summed E-state index contributed by atoms with van der Waals surface area (Å²) in [5.41, 5.74) is 0. The Morgan fingerprint density at radius 1 is 0.478 bits per heavy atom. The maximum atomic E-state index is 12.9. The van der Waals surface area contributed by atoms with Crippen molar-refractivity contribution in [1.82, 2.24) is 0 Å². The fraction of sp³-hybridized carbons (Fsp3) is 0.929. The lowest BCUT2D eigenvalue weighted by molar-refractivity contribution is -0.297. The van der Waals surface area contributed by atoms with E-state index in [2.05, 4.69) is 26.0 Å². The summed E-state index contributed by atoms with van der Waals surface area (Å²) in [6, 6.07) is 0. The number of hydrogen-bond donors (Lipinski definition) is 4. The van der Waals surface area contributed by atoms with Gasteiger partial charge in [-0.2, -0.15) is 8.42 Å². The summed E-state index contributed by atoms with van der Waals surface area (Å²) < 4.78 is 54.4. The summed E-state index contributed by atoms with van der Waals surface area (Å²) in [5.74, 6) is -1.96. The second-order valence-electron chi connectivity index (χ2n) is 20.3. The SMILES string of the molecule is CCCCCCCC/C=C/CCCCCCCCCCCCCC(=O)O[C@H](COC(=O)CCCCCCCCCCCCCCCCCCCCCC)CO[C@H]1O[C@H](CS(=O)(=O)O)[C@@H](O)C(O)C1O. The van der Waals surface area contributed by atoms with Gasteiger partial charge in [-0.1, -0.05) is 238 Å². The molecule has 0 aromatic heterocycles. The van der Waals surface area contributed by atoms with Gasteiger partial charge in [0.15, 0.2) is 12.4 Å². The van der Waals surface area contributed by atoms with Gasteiger partial charge in [0.2, 0.25) is 0 Å². The molecule has 0 amide bonds. The summed E-state index contributed by atoms with van der Waals surface area (Å²) in [4.78, 5) is 25.6. The van der Waals surface area contributed by atoms with E-state index in [0.29, 0.717) is 12.8 Å². The van der Waals surface area contributed by atoms with E-state index in [1.54, 1.807) is 0 Å². The van der Waals surface area contributed by atoms with E-state index in [-0.39, 0.29) is 19.4 Å². The average Bonchev–Trinajstić information content (AvgIpc) is 3.32. The molecule has 408 valence electrons. The molecule has 1 saturated heterocycles. The first kappa shape index (κ1) is 65.4. The molecular formula is C56H106O12S. The highest BCUT2D eigenvalue weighted by Crippen LogP contribution is 2.24. The molecule has 69 heavy (non-hydrogen) atoms. The van der Waals surface area contributed by atoms with Gasteiger partial charge >= 0.3 is 11.9 Å². The molecule has 0 aliphatic carbocycles. The van der Waals surface area contributed by atoms with Gasteiger partial charge in [-0.15, -0.1) is 0 Å². The van der Waals surface area contributed by atoms with Crippen LogP contribution < -0.4 is 0 Å². The number of carbonyl (C=O) groups is 2. The van der Waals surface area contributed by atoms with Crippen molar-refractivity contribution in [3.63, 3.8) is 0 Å². The van der Waals surface area contributed by atoms with Crippen molar-refractivity contribution in [3.8, 4) is 0 Å². The molecule has 0 radical (unpaired) electrons. The van der Waals surface area contributed by atoms with Crippen LogP contribution in [0.2, 0.25) is 0 Å². The third-order valence-corrected chi connectivity index (χ3v) is 14.3. The smallest absolute Gasteiger partial charge is 0.306 e. The third-order valence-electron chi connectivity index (χ3n) is 13.6. The van der Waals surface area contributed by atoms with Gasteiger partial charge in [0, 0.05) is 12.8 Å². The first-order valence-electron chi connectivity index (χ1n) is 28.7. The zero-order valence-electron chi connectivity index (χ0n) is 44.2. The monoisotopic (exact) mass is 1000 g/mol. The summed E-state index contributed by atoms with van der Waals surface area (Å²) in [7, 11) is -4.60. The Kier molecular flexibility index (Phi) is 43.8. The van der Waals surface area contributed by atoms with Crippen molar-refractivity contribution >= 4 is 22.1 Å². The Bertz CT molecular complexity index is 1310. The van der Waals surface area contributed by atoms with E-state index in [0.717, 1.165) is 38.5 Å². The highest BCUT2D eigenvalue weighted by molar-refractivity contribution is 7.85. The van der Waals surface area contributed by atoms with Gasteiger partial charge in [-0.3, -0.25) is 14.1 Å². The van der Waals surface area contributed by atoms with Gasteiger partial charge in [-0.25, -0.2) is 0 Å². The van der Waals surface area contributed by atoms with Gasteiger partial charge < -0.3 is 34.3 Å². The molecule has 0 aromatic carbocycles. The normalized spacial score (nSPS) is 19.1. The third kappa shape index (κ3) is 40.5. The number of hydrogen-bond acceptors (Lipinski definition) is 11. The summed E-state index contributed by atoms with van der Waals surface area (Å²) in [6.07, 6.45) is 43.9. The molecule has 6 atom stereocenters. The first-order valence-corrected chi connectivity index (χ1v) is 30.4. The van der Waals surface area contributed by atoms with Gasteiger partial charge in [-0.05, 0) is 38.5 Å². The number of ether oxygens (including phenoxy) is 4. The second kappa shape index (κ2) is 46.2. The Hall–Kier alpha value is -1.61. The summed E-state index contributed by atoms with van der Waals surface area (Å²) in [6.45, 7) is 3.82. The van der Waals surface area contributed by atoms with Gasteiger partial charge in [0.25, 0.3) is 10.1 Å². The van der Waals surface area contributed by atoms with Crippen LogP contribution in [0.25, 0.3) is 0 Å². The van der Waals surface area contributed by atoms with Crippen molar-refractivity contribution in [1.29, 1.82) is 0 Å². The van der Waals surface area contributed by atoms with Gasteiger partial charge in [0.1, 0.15) is 36.8 Å². The zero-order valence-corrected chi connectivity index (χ0v) is 45.0. The van der Waals surface area contributed by atoms with Crippen LogP contribution >= 0.6 is 0 Å². The zero-order chi connectivity index (χ0) is 50.5. The molecule has 13 heteroatoms. The molecule has 1 aliphatic heterocycles. The van der Waals surface area contributed by atoms with Crippen LogP contribution in [0.3, 0.4) is 0 Å². The van der Waals surface area contributed by atoms with E-state index in [9.17, 15) is 37.9 Å². The number of carbonyl (C=O) groups excluding carboxylic acids is 2. The standard InChI is InChI=1S/C56H106O12S/c1-3-5-7-9-11-13-15-17-19-21-23-25-27-29-31-33-35-37-39-41-43-45-52(58)67-49(47-66-56-55(61)54(60)53(59)50(68-56)48-69(62,63)64)46-65-51(57)44-42-40-38-36-34-32-30-28-26-24-22-20-18-16-14-12-10-8-6-4-2/h17,19,49-50,53-56,59-61H,3-16,18,20-48H2,1-2H3,(H,62,63,64)/b19-17+/t49-,50-,53-,54?,55?,56+/m1/s1. The molecule has 1 heterocycles. The number of rotatable bonds is 50. The largest absolute Gasteiger partial charge is 0.462 e. The number of unbranched alkanes of at least 4 members (excludes halogenated alkanes) is 36. The van der Waals surface area contributed by atoms with Crippen LogP contribution in [-0.4, -0.2) is 96.0 Å². The van der Waals surface area contributed by atoms with Crippen molar-refractivity contribution < 1.29 is 56.8 Å². The maximum Gasteiger partial charge on any atom is 0.306 e. The molecule has 1 fully saturated rings. The predicted molar refractivity (Wildman–Crippen MR) is 280 cm³/mol. The molecule has 0 aromatic rings. The molecule has 4 N–H and O–H groups in total. The fourth-order valence-electron chi connectivity index (χ4n) is 9.15. The second-order valence-corrected chi connectivity index (χ2v) is 21.8. The lowest BCUT2D eigenvalue weighted by atomic mass is 10.00. The van der Waals surface area contributed by atoms with Crippen LogP contribution in [0.4, 0.5) is 0 Å². The van der Waals surface area contributed by atoms with Crippen LogP contribution in [-0.2, 0) is 38.7 Å². The molecule has 0 bridgehead atoms. The molecule has 1 rings (SSSR count). The Morgan fingerprint density at radius 3 is 1.20 bits per heavy atom. The number of aliphatic hydroxyl groups is 3. The van der Waals surface area contributed by atoms with E-state index in [1.807, 2.05) is 0 Å². The predicted octanol–water partition coefficient (Wildman–Crippen LogP) is 13.7. The highest BCUT2D eigenvalue weighted by Gasteiger charge is 2.46. The average molecular weight is 1000 g/mol. The lowest BCUT2D eigenvalue weighted by Crippen LogP contribution is -2.60. The first-order chi connectivity index (χ1) is 33.5. The van der Waals surface area contributed by atoms with E-state index >= 15 is 0 Å².